The van der Waals surface area contributed by atoms with Gasteiger partial charge >= 0.3 is 0 Å². The SMILES string of the molecule is Cc1[nH]c2c(F)cccc2c1CC(=O)NCC1=CCCCC1. The van der Waals surface area contributed by atoms with Crippen LogP contribution in [-0.2, 0) is 11.2 Å². The maximum atomic E-state index is 13.8. The number of allylic oxidation sites excluding steroid dienone is 1. The first-order chi connectivity index (χ1) is 10.6. The highest BCUT2D eigenvalue weighted by atomic mass is 19.1. The van der Waals surface area contributed by atoms with Crippen molar-refractivity contribution in [1.82, 2.24) is 10.3 Å². The molecule has 116 valence electrons. The number of halogens is 1. The first-order valence-corrected chi connectivity index (χ1v) is 7.85. The average molecular weight is 300 g/mol. The van der Waals surface area contributed by atoms with E-state index < -0.39 is 0 Å². The number of aryl methyl sites for hydroxylation is 1. The van der Waals surface area contributed by atoms with Gasteiger partial charge in [0.25, 0.3) is 0 Å². The van der Waals surface area contributed by atoms with E-state index in [1.165, 1.54) is 24.5 Å². The number of amides is 1. The summed E-state index contributed by atoms with van der Waals surface area (Å²) in [5.41, 5.74) is 3.54. The van der Waals surface area contributed by atoms with Crippen LogP contribution in [-0.4, -0.2) is 17.4 Å². The van der Waals surface area contributed by atoms with Gasteiger partial charge in [0, 0.05) is 17.6 Å². The summed E-state index contributed by atoms with van der Waals surface area (Å²) >= 11 is 0. The summed E-state index contributed by atoms with van der Waals surface area (Å²) in [6.07, 6.45) is 7.17. The van der Waals surface area contributed by atoms with Crippen molar-refractivity contribution < 1.29 is 9.18 Å². The number of para-hydroxylation sites is 1. The Morgan fingerprint density at radius 2 is 2.23 bits per heavy atom. The van der Waals surface area contributed by atoms with Crippen LogP contribution in [0.3, 0.4) is 0 Å². The molecule has 0 unspecified atom stereocenters. The van der Waals surface area contributed by atoms with E-state index in [1.54, 1.807) is 6.07 Å². The zero-order chi connectivity index (χ0) is 15.5. The lowest BCUT2D eigenvalue weighted by Gasteiger charge is -2.13. The summed E-state index contributed by atoms with van der Waals surface area (Å²) in [4.78, 5) is 15.2. The van der Waals surface area contributed by atoms with E-state index in [9.17, 15) is 9.18 Å². The van der Waals surface area contributed by atoms with E-state index in [2.05, 4.69) is 16.4 Å². The maximum absolute atomic E-state index is 13.8. The summed E-state index contributed by atoms with van der Waals surface area (Å²) in [5, 5.41) is 3.78. The van der Waals surface area contributed by atoms with Gasteiger partial charge in [0.15, 0.2) is 0 Å². The number of rotatable bonds is 4. The summed E-state index contributed by atoms with van der Waals surface area (Å²) in [7, 11) is 0. The molecular weight excluding hydrogens is 279 g/mol. The summed E-state index contributed by atoms with van der Waals surface area (Å²) < 4.78 is 13.8. The first-order valence-electron chi connectivity index (χ1n) is 7.85. The minimum Gasteiger partial charge on any atom is -0.356 e. The predicted molar refractivity (Wildman–Crippen MR) is 86.3 cm³/mol. The van der Waals surface area contributed by atoms with Crippen LogP contribution in [0.4, 0.5) is 4.39 Å². The molecule has 0 spiro atoms. The van der Waals surface area contributed by atoms with Gasteiger partial charge in [-0.15, -0.1) is 0 Å². The third-order valence-corrected chi connectivity index (χ3v) is 4.34. The molecule has 0 saturated heterocycles. The third kappa shape index (κ3) is 3.06. The van der Waals surface area contributed by atoms with Crippen LogP contribution in [0.5, 0.6) is 0 Å². The molecule has 1 amide bonds. The van der Waals surface area contributed by atoms with Gasteiger partial charge in [-0.05, 0) is 44.2 Å². The molecule has 22 heavy (non-hydrogen) atoms. The number of nitrogens with one attached hydrogen (secondary N) is 2. The first kappa shape index (κ1) is 14.8. The molecule has 0 saturated carbocycles. The van der Waals surface area contributed by atoms with Crippen LogP contribution in [0.1, 0.15) is 36.9 Å². The van der Waals surface area contributed by atoms with E-state index in [-0.39, 0.29) is 18.1 Å². The lowest BCUT2D eigenvalue weighted by Crippen LogP contribution is -2.27. The molecule has 3 nitrogen and oxygen atoms in total. The van der Waals surface area contributed by atoms with Crippen LogP contribution in [0, 0.1) is 12.7 Å². The van der Waals surface area contributed by atoms with Crippen LogP contribution < -0.4 is 5.32 Å². The molecule has 1 aliphatic rings. The van der Waals surface area contributed by atoms with Crippen LogP contribution in [0.15, 0.2) is 29.8 Å². The molecule has 1 aromatic carbocycles. The van der Waals surface area contributed by atoms with Crippen molar-refractivity contribution in [1.29, 1.82) is 0 Å². The van der Waals surface area contributed by atoms with Gasteiger partial charge in [0.05, 0.1) is 11.9 Å². The number of fused-ring (bicyclic) bond motifs is 1. The van der Waals surface area contributed by atoms with Gasteiger partial charge in [0.2, 0.25) is 5.91 Å². The molecule has 1 aromatic heterocycles. The second-order valence-corrected chi connectivity index (χ2v) is 5.95. The number of aromatic amines is 1. The monoisotopic (exact) mass is 300 g/mol. The Balaban J connectivity index is 1.70. The minimum absolute atomic E-state index is 0.0141. The maximum Gasteiger partial charge on any atom is 0.224 e. The van der Waals surface area contributed by atoms with E-state index in [0.717, 1.165) is 29.5 Å². The zero-order valence-corrected chi connectivity index (χ0v) is 12.8. The molecule has 1 aliphatic carbocycles. The van der Waals surface area contributed by atoms with Crippen LogP contribution in [0.25, 0.3) is 10.9 Å². The predicted octanol–water partition coefficient (Wildman–Crippen LogP) is 3.77. The zero-order valence-electron chi connectivity index (χ0n) is 12.8. The fourth-order valence-corrected chi connectivity index (χ4v) is 3.10. The fraction of sp³-hybridized carbons (Fsp3) is 0.389. The van der Waals surface area contributed by atoms with E-state index in [1.807, 2.05) is 13.0 Å². The van der Waals surface area contributed by atoms with E-state index >= 15 is 0 Å². The lowest BCUT2D eigenvalue weighted by molar-refractivity contribution is -0.120. The molecule has 0 bridgehead atoms. The average Bonchev–Trinajstić information content (AvgIpc) is 2.84. The van der Waals surface area contributed by atoms with Crippen LogP contribution >= 0.6 is 0 Å². The van der Waals surface area contributed by atoms with Gasteiger partial charge in [-0.1, -0.05) is 23.8 Å². The number of aromatic nitrogens is 1. The Kier molecular flexibility index (Phi) is 4.27. The number of benzene rings is 1. The van der Waals surface area contributed by atoms with Crippen LogP contribution in [0.2, 0.25) is 0 Å². The van der Waals surface area contributed by atoms with Crippen molar-refractivity contribution >= 4 is 16.8 Å². The highest BCUT2D eigenvalue weighted by Gasteiger charge is 2.14. The Bertz CT molecular complexity index is 730. The lowest BCUT2D eigenvalue weighted by atomic mass is 9.99. The summed E-state index contributed by atoms with van der Waals surface area (Å²) in [5.74, 6) is -0.292. The smallest absolute Gasteiger partial charge is 0.224 e. The van der Waals surface area contributed by atoms with E-state index in [0.29, 0.717) is 12.1 Å². The van der Waals surface area contributed by atoms with Crippen molar-refractivity contribution in [3.05, 3.63) is 46.9 Å². The van der Waals surface area contributed by atoms with Gasteiger partial charge in [-0.3, -0.25) is 4.79 Å². The van der Waals surface area contributed by atoms with Crippen molar-refractivity contribution in [3.8, 4) is 0 Å². The molecule has 2 aromatic rings. The molecule has 0 radical (unpaired) electrons. The van der Waals surface area contributed by atoms with Crippen molar-refractivity contribution in [2.75, 3.05) is 6.54 Å². The van der Waals surface area contributed by atoms with Crippen molar-refractivity contribution in [2.24, 2.45) is 0 Å². The van der Waals surface area contributed by atoms with Gasteiger partial charge in [-0.25, -0.2) is 4.39 Å². The third-order valence-electron chi connectivity index (χ3n) is 4.34. The normalized spacial score (nSPS) is 14.9. The molecule has 3 rings (SSSR count). The number of hydrogen-bond acceptors (Lipinski definition) is 1. The summed E-state index contributed by atoms with van der Waals surface area (Å²) in [6, 6.07) is 4.96. The molecule has 0 atom stereocenters. The number of hydrogen-bond donors (Lipinski definition) is 2. The second kappa shape index (κ2) is 6.34. The molecule has 0 aliphatic heterocycles. The standard InChI is InChI=1S/C18H21FN2O/c1-12-15(14-8-5-9-16(19)18(14)21-12)10-17(22)20-11-13-6-3-2-4-7-13/h5-6,8-9,21H,2-4,7,10-11H2,1H3,(H,20,22). The Labute approximate surface area is 129 Å². The van der Waals surface area contributed by atoms with E-state index in [4.69, 9.17) is 0 Å². The fourth-order valence-electron chi connectivity index (χ4n) is 3.10. The van der Waals surface area contributed by atoms with Crippen molar-refractivity contribution in [2.45, 2.75) is 39.0 Å². The van der Waals surface area contributed by atoms with Gasteiger partial charge in [-0.2, -0.15) is 0 Å². The second-order valence-electron chi connectivity index (χ2n) is 5.95. The molecule has 0 fully saturated rings. The van der Waals surface area contributed by atoms with Crippen molar-refractivity contribution in [3.63, 3.8) is 0 Å². The molecule has 4 heteroatoms. The largest absolute Gasteiger partial charge is 0.356 e. The molecule has 2 N–H and O–H groups in total. The Morgan fingerprint density at radius 1 is 1.36 bits per heavy atom. The van der Waals surface area contributed by atoms with Gasteiger partial charge < -0.3 is 10.3 Å². The number of H-pyrrole nitrogens is 1. The molecular formula is C18H21FN2O. The number of carbonyl (C=O) groups is 1. The highest BCUT2D eigenvalue weighted by Crippen LogP contribution is 2.24. The van der Waals surface area contributed by atoms with Gasteiger partial charge in [0.1, 0.15) is 5.82 Å². The number of carbonyl (C=O) groups excluding carboxylic acids is 1. The highest BCUT2D eigenvalue weighted by molar-refractivity contribution is 5.90. The quantitative estimate of drug-likeness (QED) is 0.829. The Hall–Kier alpha value is -2.10. The molecule has 1 heterocycles. The summed E-state index contributed by atoms with van der Waals surface area (Å²) in [6.45, 7) is 2.51. The Morgan fingerprint density at radius 3 is 3.00 bits per heavy atom. The minimum atomic E-state index is -0.278. The topological polar surface area (TPSA) is 44.9 Å².